The van der Waals surface area contributed by atoms with Crippen LogP contribution in [0.4, 0.5) is 0 Å². The first-order chi connectivity index (χ1) is 8.88. The molecule has 106 valence electrons. The lowest BCUT2D eigenvalue weighted by molar-refractivity contribution is -0.138. The van der Waals surface area contributed by atoms with Gasteiger partial charge in [-0.1, -0.05) is 12.1 Å². The van der Waals surface area contributed by atoms with Crippen LogP contribution in [0.3, 0.4) is 0 Å². The molecule has 0 aliphatic heterocycles. The quantitative estimate of drug-likeness (QED) is 0.778. The Morgan fingerprint density at radius 3 is 2.42 bits per heavy atom. The molecule has 0 aliphatic carbocycles. The van der Waals surface area contributed by atoms with Crippen LogP contribution >= 0.6 is 0 Å². The van der Waals surface area contributed by atoms with Crippen molar-refractivity contribution >= 4 is 5.97 Å². The third-order valence-corrected chi connectivity index (χ3v) is 2.57. The average Bonchev–Trinajstić information content (AvgIpc) is 2.30. The van der Waals surface area contributed by atoms with Crippen LogP contribution in [0, 0.1) is 0 Å². The van der Waals surface area contributed by atoms with Crippen molar-refractivity contribution in [2.45, 2.75) is 32.5 Å². The van der Waals surface area contributed by atoms with E-state index in [0.717, 1.165) is 11.3 Å². The van der Waals surface area contributed by atoms with E-state index in [1.165, 1.54) is 0 Å². The topological polar surface area (TPSA) is 75.8 Å². The zero-order valence-electron chi connectivity index (χ0n) is 11.7. The van der Waals surface area contributed by atoms with E-state index in [2.05, 4.69) is 0 Å². The molecule has 0 bridgehead atoms. The Morgan fingerprint density at radius 1 is 1.37 bits per heavy atom. The molecule has 0 saturated carbocycles. The van der Waals surface area contributed by atoms with Crippen molar-refractivity contribution in [2.75, 3.05) is 13.6 Å². The van der Waals surface area contributed by atoms with Gasteiger partial charge in [-0.05, 0) is 38.6 Å². The number of aliphatic carboxylic acids is 1. The van der Waals surface area contributed by atoms with Crippen LogP contribution in [0.15, 0.2) is 24.3 Å². The molecule has 0 radical (unpaired) electrons. The van der Waals surface area contributed by atoms with E-state index < -0.39 is 12.0 Å². The summed E-state index contributed by atoms with van der Waals surface area (Å²) in [4.78, 5) is 12.6. The number of ether oxygens (including phenoxy) is 1. The minimum Gasteiger partial charge on any atom is -0.491 e. The highest BCUT2D eigenvalue weighted by Gasteiger charge is 2.14. The van der Waals surface area contributed by atoms with Crippen molar-refractivity contribution in [3.8, 4) is 5.75 Å². The SMILES string of the molecule is CC(C)Oc1ccc(CN(C)CC(N)C(=O)O)cc1. The molecule has 5 heteroatoms. The fraction of sp³-hybridized carbons (Fsp3) is 0.500. The third-order valence-electron chi connectivity index (χ3n) is 2.57. The van der Waals surface area contributed by atoms with Crippen molar-refractivity contribution in [1.29, 1.82) is 0 Å². The summed E-state index contributed by atoms with van der Waals surface area (Å²) in [7, 11) is 1.85. The number of carboxylic acids is 1. The van der Waals surface area contributed by atoms with Gasteiger partial charge in [0.2, 0.25) is 0 Å². The van der Waals surface area contributed by atoms with Crippen LogP contribution in [0.25, 0.3) is 0 Å². The zero-order valence-corrected chi connectivity index (χ0v) is 11.7. The molecule has 3 N–H and O–H groups in total. The van der Waals surface area contributed by atoms with Crippen LogP contribution in [-0.4, -0.2) is 41.7 Å². The van der Waals surface area contributed by atoms with Crippen molar-refractivity contribution in [3.63, 3.8) is 0 Å². The Bertz CT molecular complexity index is 404. The summed E-state index contributed by atoms with van der Waals surface area (Å²) in [5.41, 5.74) is 6.58. The summed E-state index contributed by atoms with van der Waals surface area (Å²) in [6.07, 6.45) is 0.155. The van der Waals surface area contributed by atoms with Gasteiger partial charge in [0, 0.05) is 13.1 Å². The molecule has 0 aliphatic rings. The maximum atomic E-state index is 10.7. The van der Waals surface area contributed by atoms with E-state index in [1.807, 2.05) is 50.1 Å². The first-order valence-electron chi connectivity index (χ1n) is 6.31. The van der Waals surface area contributed by atoms with E-state index in [-0.39, 0.29) is 6.10 Å². The maximum Gasteiger partial charge on any atom is 0.321 e. The van der Waals surface area contributed by atoms with E-state index >= 15 is 0 Å². The molecule has 0 fully saturated rings. The molecule has 1 aromatic carbocycles. The Balaban J connectivity index is 2.50. The highest BCUT2D eigenvalue weighted by molar-refractivity contribution is 5.73. The van der Waals surface area contributed by atoms with E-state index in [0.29, 0.717) is 13.1 Å². The summed E-state index contributed by atoms with van der Waals surface area (Å²) in [6, 6.07) is 6.93. The van der Waals surface area contributed by atoms with E-state index in [4.69, 9.17) is 15.6 Å². The van der Waals surface area contributed by atoms with Crippen LogP contribution in [0.1, 0.15) is 19.4 Å². The minimum absolute atomic E-state index is 0.155. The Labute approximate surface area is 114 Å². The molecule has 1 rings (SSSR count). The Morgan fingerprint density at radius 2 is 1.95 bits per heavy atom. The maximum absolute atomic E-state index is 10.7. The molecule has 5 nitrogen and oxygen atoms in total. The summed E-state index contributed by atoms with van der Waals surface area (Å²) < 4.78 is 5.56. The molecule has 0 spiro atoms. The van der Waals surface area contributed by atoms with Gasteiger partial charge >= 0.3 is 5.97 Å². The van der Waals surface area contributed by atoms with Crippen molar-refractivity contribution < 1.29 is 14.6 Å². The van der Waals surface area contributed by atoms with Crippen LogP contribution in [0.2, 0.25) is 0 Å². The molecule has 0 amide bonds. The normalized spacial score (nSPS) is 12.7. The third kappa shape index (κ3) is 5.72. The van der Waals surface area contributed by atoms with Gasteiger partial charge in [0.05, 0.1) is 6.10 Å². The summed E-state index contributed by atoms with van der Waals surface area (Å²) in [5.74, 6) is -0.142. The van der Waals surface area contributed by atoms with E-state index in [9.17, 15) is 4.79 Å². The number of rotatable bonds is 7. The lowest BCUT2D eigenvalue weighted by atomic mass is 10.2. The van der Waals surface area contributed by atoms with Gasteiger partial charge in [-0.25, -0.2) is 0 Å². The minimum atomic E-state index is -0.979. The standard InChI is InChI=1S/C14H22N2O3/c1-10(2)19-12-6-4-11(5-7-12)8-16(3)9-13(15)14(17)18/h4-7,10,13H,8-9,15H2,1-3H3,(H,17,18). The molecule has 1 aromatic rings. The zero-order chi connectivity index (χ0) is 14.4. The van der Waals surface area contributed by atoms with Crippen molar-refractivity contribution in [2.24, 2.45) is 5.73 Å². The number of benzene rings is 1. The smallest absolute Gasteiger partial charge is 0.321 e. The van der Waals surface area contributed by atoms with Gasteiger partial charge in [-0.15, -0.1) is 0 Å². The van der Waals surface area contributed by atoms with Crippen LogP contribution < -0.4 is 10.5 Å². The molecule has 1 unspecified atom stereocenters. The second kappa shape index (κ2) is 7.11. The molecule has 0 saturated heterocycles. The van der Waals surface area contributed by atoms with Crippen LogP contribution in [-0.2, 0) is 11.3 Å². The predicted octanol–water partition coefficient (Wildman–Crippen LogP) is 1.32. The lowest BCUT2D eigenvalue weighted by Crippen LogP contribution is -2.40. The monoisotopic (exact) mass is 266 g/mol. The van der Waals surface area contributed by atoms with Gasteiger partial charge in [0.25, 0.3) is 0 Å². The van der Waals surface area contributed by atoms with Crippen molar-refractivity contribution in [3.05, 3.63) is 29.8 Å². The number of likely N-dealkylation sites (N-methyl/N-ethyl adjacent to an activating group) is 1. The molecule has 0 heterocycles. The van der Waals surface area contributed by atoms with Gasteiger partial charge < -0.3 is 15.6 Å². The number of nitrogens with two attached hydrogens (primary N) is 1. The number of nitrogens with zero attached hydrogens (tertiary/aromatic N) is 1. The number of hydrogen-bond donors (Lipinski definition) is 2. The van der Waals surface area contributed by atoms with Crippen LogP contribution in [0.5, 0.6) is 5.75 Å². The first kappa shape index (κ1) is 15.5. The Hall–Kier alpha value is -1.59. The molecule has 19 heavy (non-hydrogen) atoms. The number of hydrogen-bond acceptors (Lipinski definition) is 4. The van der Waals surface area contributed by atoms with Gasteiger partial charge in [0.1, 0.15) is 11.8 Å². The molecular formula is C14H22N2O3. The highest BCUT2D eigenvalue weighted by Crippen LogP contribution is 2.14. The first-order valence-corrected chi connectivity index (χ1v) is 6.31. The number of carbonyl (C=O) groups is 1. The average molecular weight is 266 g/mol. The van der Waals surface area contributed by atoms with Gasteiger partial charge in [-0.2, -0.15) is 0 Å². The lowest BCUT2D eigenvalue weighted by Gasteiger charge is -2.19. The summed E-state index contributed by atoms with van der Waals surface area (Å²) in [6.45, 7) is 4.94. The van der Waals surface area contributed by atoms with E-state index in [1.54, 1.807) is 0 Å². The summed E-state index contributed by atoms with van der Waals surface area (Å²) in [5, 5.41) is 8.75. The largest absolute Gasteiger partial charge is 0.491 e. The second-order valence-electron chi connectivity index (χ2n) is 4.95. The Kier molecular flexibility index (Phi) is 5.79. The molecular weight excluding hydrogens is 244 g/mol. The van der Waals surface area contributed by atoms with Gasteiger partial charge in [0.15, 0.2) is 0 Å². The highest BCUT2D eigenvalue weighted by atomic mass is 16.5. The summed E-state index contributed by atoms with van der Waals surface area (Å²) >= 11 is 0. The number of carboxylic acid groups (broad SMARTS) is 1. The fourth-order valence-electron chi connectivity index (χ4n) is 1.74. The van der Waals surface area contributed by atoms with Gasteiger partial charge in [-0.3, -0.25) is 9.69 Å². The predicted molar refractivity (Wildman–Crippen MR) is 74.2 cm³/mol. The molecule has 0 aromatic heterocycles. The molecule has 1 atom stereocenters. The fourth-order valence-corrected chi connectivity index (χ4v) is 1.74. The van der Waals surface area contributed by atoms with Crippen molar-refractivity contribution in [1.82, 2.24) is 4.90 Å². The second-order valence-corrected chi connectivity index (χ2v) is 4.95.